The van der Waals surface area contributed by atoms with Gasteiger partial charge in [-0.3, -0.25) is 14.4 Å². The van der Waals surface area contributed by atoms with Crippen LogP contribution >= 0.6 is 11.6 Å². The molecule has 0 saturated heterocycles. The second-order valence-electron chi connectivity index (χ2n) is 10.3. The summed E-state index contributed by atoms with van der Waals surface area (Å²) in [6, 6.07) is 0. The Kier molecular flexibility index (Phi) is 5.10. The molecule has 0 aromatic rings. The van der Waals surface area contributed by atoms with E-state index >= 15 is 0 Å². The lowest BCUT2D eigenvalue weighted by Crippen LogP contribution is -2.66. The number of ether oxygens (including phenoxy) is 1. The Morgan fingerprint density at radius 2 is 2.00 bits per heavy atom. The predicted molar refractivity (Wildman–Crippen MR) is 113 cm³/mol. The van der Waals surface area contributed by atoms with E-state index in [0.717, 1.165) is 24.8 Å². The van der Waals surface area contributed by atoms with Crippen LogP contribution in [0.15, 0.2) is 23.8 Å². The number of hydrogen-bond donors (Lipinski definition) is 1. The number of aliphatic hydroxyl groups excluding tert-OH is 1. The number of halogens is 1. The van der Waals surface area contributed by atoms with Gasteiger partial charge in [0.05, 0.1) is 11.0 Å². The molecule has 4 aliphatic rings. The van der Waals surface area contributed by atoms with E-state index < -0.39 is 27.8 Å². The van der Waals surface area contributed by atoms with Crippen LogP contribution in [0.25, 0.3) is 0 Å². The van der Waals surface area contributed by atoms with Gasteiger partial charge >= 0.3 is 5.97 Å². The second kappa shape index (κ2) is 7.03. The number of hydrogen-bond acceptors (Lipinski definition) is 5. The number of fused-ring (bicyclic) bond motifs is 5. The van der Waals surface area contributed by atoms with Gasteiger partial charge in [0.25, 0.3) is 0 Å². The van der Waals surface area contributed by atoms with Gasteiger partial charge in [0, 0.05) is 18.3 Å². The summed E-state index contributed by atoms with van der Waals surface area (Å²) in [7, 11) is 0. The van der Waals surface area contributed by atoms with Crippen LogP contribution in [0.4, 0.5) is 0 Å². The zero-order valence-electron chi connectivity index (χ0n) is 18.1. The molecular weight excluding hydrogens is 404 g/mol. The summed E-state index contributed by atoms with van der Waals surface area (Å²) >= 11 is 7.39. The molecule has 0 bridgehead atoms. The lowest BCUT2D eigenvalue weighted by molar-refractivity contribution is -0.151. The molecule has 0 aromatic heterocycles. The Morgan fingerprint density at radius 1 is 1.30 bits per heavy atom. The SMILES string of the molecule is CC(=O)OCC(=O)C1[C@@H](C)C[C@H]2[C@@H]3CCC4=CC(=O)C=C[C@]4(C)[C@@]3(Cl)[C@@H](O)C[C@]12C. The molecule has 4 rings (SSSR count). The van der Waals surface area contributed by atoms with Crippen LogP contribution in [0, 0.1) is 34.5 Å². The third-order valence-electron chi connectivity index (χ3n) is 8.75. The Morgan fingerprint density at radius 3 is 2.67 bits per heavy atom. The molecule has 1 N–H and O–H groups in total. The highest BCUT2D eigenvalue weighted by atomic mass is 35.5. The first kappa shape index (κ1) is 21.8. The van der Waals surface area contributed by atoms with Crippen LogP contribution in [-0.4, -0.2) is 40.2 Å². The minimum Gasteiger partial charge on any atom is -0.458 e. The minimum absolute atomic E-state index is 0.0260. The summed E-state index contributed by atoms with van der Waals surface area (Å²) in [5.41, 5.74) is 0.0116. The topological polar surface area (TPSA) is 80.7 Å². The number of carbonyl (C=O) groups is 3. The van der Waals surface area contributed by atoms with Crippen molar-refractivity contribution in [2.24, 2.45) is 34.5 Å². The highest BCUT2D eigenvalue weighted by molar-refractivity contribution is 6.26. The van der Waals surface area contributed by atoms with Crippen molar-refractivity contribution < 1.29 is 24.2 Å². The second-order valence-corrected chi connectivity index (χ2v) is 10.9. The standard InChI is InChI=1S/C24H31ClO5/c1-13-9-18-17-6-5-15-10-16(27)7-8-23(15,4)24(17,25)20(29)11-22(18,3)21(13)19(28)12-30-14(2)26/h7-8,10,13,17-18,20-21,29H,5-6,9,11-12H2,1-4H3/t13-,17-,18-,20-,21?,22-,23-,24-/m0/s1. The zero-order valence-corrected chi connectivity index (χ0v) is 18.9. The molecule has 30 heavy (non-hydrogen) atoms. The van der Waals surface area contributed by atoms with Crippen molar-refractivity contribution in [2.75, 3.05) is 6.61 Å². The Bertz CT molecular complexity index is 862. The molecule has 1 unspecified atom stereocenters. The van der Waals surface area contributed by atoms with Gasteiger partial charge in [-0.2, -0.15) is 0 Å². The summed E-state index contributed by atoms with van der Waals surface area (Å²) < 4.78 is 5.01. The van der Waals surface area contributed by atoms with E-state index in [1.165, 1.54) is 6.92 Å². The van der Waals surface area contributed by atoms with Gasteiger partial charge in [0.15, 0.2) is 11.6 Å². The maximum atomic E-state index is 13.0. The van der Waals surface area contributed by atoms with Gasteiger partial charge in [-0.05, 0) is 61.0 Å². The van der Waals surface area contributed by atoms with Gasteiger partial charge in [-0.25, -0.2) is 0 Å². The lowest BCUT2D eigenvalue weighted by atomic mass is 9.46. The van der Waals surface area contributed by atoms with Crippen molar-refractivity contribution in [2.45, 2.75) is 64.4 Å². The van der Waals surface area contributed by atoms with Gasteiger partial charge in [-0.15, -0.1) is 11.6 Å². The number of carbonyl (C=O) groups excluding carboxylic acids is 3. The van der Waals surface area contributed by atoms with Crippen molar-refractivity contribution in [3.63, 3.8) is 0 Å². The van der Waals surface area contributed by atoms with Crippen LogP contribution in [0.3, 0.4) is 0 Å². The van der Waals surface area contributed by atoms with Crippen molar-refractivity contribution in [3.05, 3.63) is 23.8 Å². The molecule has 0 radical (unpaired) electrons. The highest BCUT2D eigenvalue weighted by Crippen LogP contribution is 2.70. The first-order valence-electron chi connectivity index (χ1n) is 10.9. The number of Topliss-reactive ketones (excluding diaryl/α,β-unsaturated/α-hetero) is 1. The number of ketones is 2. The summed E-state index contributed by atoms with van der Waals surface area (Å²) in [5.74, 6) is -0.485. The normalized spacial score (nSPS) is 47.1. The average molecular weight is 435 g/mol. The molecule has 3 saturated carbocycles. The first-order chi connectivity index (χ1) is 13.9. The van der Waals surface area contributed by atoms with Crippen LogP contribution in [-0.2, 0) is 19.1 Å². The van der Waals surface area contributed by atoms with E-state index in [1.807, 2.05) is 13.0 Å². The Labute approximate surface area is 182 Å². The zero-order chi connectivity index (χ0) is 22.1. The van der Waals surface area contributed by atoms with E-state index in [4.69, 9.17) is 16.3 Å². The average Bonchev–Trinajstić information content (AvgIpc) is 2.91. The predicted octanol–water partition coefficient (Wildman–Crippen LogP) is 3.62. The van der Waals surface area contributed by atoms with E-state index in [1.54, 1.807) is 12.2 Å². The molecule has 0 heterocycles. The molecule has 0 aromatic carbocycles. The monoisotopic (exact) mass is 434 g/mol. The molecule has 8 atom stereocenters. The fourth-order valence-electron chi connectivity index (χ4n) is 7.53. The number of alkyl halides is 1. The van der Waals surface area contributed by atoms with Crippen LogP contribution < -0.4 is 0 Å². The molecular formula is C24H31ClO5. The molecule has 4 aliphatic carbocycles. The van der Waals surface area contributed by atoms with E-state index in [9.17, 15) is 19.5 Å². The van der Waals surface area contributed by atoms with Gasteiger partial charge < -0.3 is 9.84 Å². The first-order valence-corrected chi connectivity index (χ1v) is 11.3. The molecule has 164 valence electrons. The fourth-order valence-corrected chi connectivity index (χ4v) is 8.05. The Balaban J connectivity index is 1.71. The molecule has 0 amide bonds. The molecule has 6 heteroatoms. The highest BCUT2D eigenvalue weighted by Gasteiger charge is 2.70. The summed E-state index contributed by atoms with van der Waals surface area (Å²) in [5, 5.41) is 11.5. The number of aliphatic hydroxyl groups is 1. The smallest absolute Gasteiger partial charge is 0.303 e. The number of esters is 1. The third kappa shape index (κ3) is 2.81. The number of rotatable bonds is 3. The van der Waals surface area contributed by atoms with E-state index in [-0.39, 0.29) is 41.8 Å². The van der Waals surface area contributed by atoms with Crippen molar-refractivity contribution in [1.29, 1.82) is 0 Å². The lowest BCUT2D eigenvalue weighted by Gasteiger charge is -2.63. The maximum absolute atomic E-state index is 13.0. The maximum Gasteiger partial charge on any atom is 0.303 e. The van der Waals surface area contributed by atoms with Crippen molar-refractivity contribution in [1.82, 2.24) is 0 Å². The summed E-state index contributed by atoms with van der Waals surface area (Å²) in [4.78, 5) is 35.3. The third-order valence-corrected chi connectivity index (χ3v) is 9.67. The summed E-state index contributed by atoms with van der Waals surface area (Å²) in [6.45, 7) is 7.31. The van der Waals surface area contributed by atoms with Crippen LogP contribution in [0.5, 0.6) is 0 Å². The molecule has 3 fully saturated rings. The van der Waals surface area contributed by atoms with Crippen molar-refractivity contribution in [3.8, 4) is 0 Å². The minimum atomic E-state index is -0.911. The van der Waals surface area contributed by atoms with E-state index in [0.29, 0.717) is 6.42 Å². The van der Waals surface area contributed by atoms with Gasteiger partial charge in [0.2, 0.25) is 0 Å². The van der Waals surface area contributed by atoms with Gasteiger partial charge in [0.1, 0.15) is 6.61 Å². The molecule has 5 nitrogen and oxygen atoms in total. The van der Waals surface area contributed by atoms with Crippen LogP contribution in [0.1, 0.15) is 53.4 Å². The van der Waals surface area contributed by atoms with Gasteiger partial charge in [-0.1, -0.05) is 32.4 Å². The number of allylic oxidation sites excluding steroid dienone is 4. The largest absolute Gasteiger partial charge is 0.458 e. The molecule has 0 aliphatic heterocycles. The van der Waals surface area contributed by atoms with Crippen molar-refractivity contribution >= 4 is 29.1 Å². The molecule has 0 spiro atoms. The fraction of sp³-hybridized carbons (Fsp3) is 0.708. The van der Waals surface area contributed by atoms with E-state index in [2.05, 4.69) is 13.8 Å². The quantitative estimate of drug-likeness (QED) is 0.542. The van der Waals surface area contributed by atoms with Crippen LogP contribution in [0.2, 0.25) is 0 Å². The Hall–Kier alpha value is -1.46. The summed E-state index contributed by atoms with van der Waals surface area (Å²) in [6.07, 6.45) is 7.16.